The van der Waals surface area contributed by atoms with Crippen molar-refractivity contribution in [1.29, 1.82) is 0 Å². The smallest absolute Gasteiger partial charge is 0.184 e. The molecule has 0 unspecified atom stereocenters. The van der Waals surface area contributed by atoms with Gasteiger partial charge >= 0.3 is 0 Å². The molecule has 1 N–H and O–H groups in total. The molecule has 0 radical (unpaired) electrons. The first-order chi connectivity index (χ1) is 11.6. The standard InChI is InChI=1S/C17H17N5O2/c1-11(23)13-9-18-8-7-14(13)20-15-6-4-5-12(16(15)24-3)17-19-10-22(2)21-17/h4-10H,1-3H3,(H,18,20). The number of pyridine rings is 1. The van der Waals surface area contributed by atoms with Crippen molar-refractivity contribution in [2.75, 3.05) is 12.4 Å². The summed E-state index contributed by atoms with van der Waals surface area (Å²) in [4.78, 5) is 20.0. The number of benzene rings is 1. The number of para-hydroxylation sites is 1. The van der Waals surface area contributed by atoms with Crippen molar-refractivity contribution in [3.05, 3.63) is 48.5 Å². The van der Waals surface area contributed by atoms with Gasteiger partial charge in [-0.25, -0.2) is 4.98 Å². The maximum Gasteiger partial charge on any atom is 0.184 e. The third-order valence-corrected chi connectivity index (χ3v) is 3.53. The average molecular weight is 323 g/mol. The van der Waals surface area contributed by atoms with Crippen LogP contribution in [-0.4, -0.2) is 32.6 Å². The second-order valence-corrected chi connectivity index (χ2v) is 5.23. The lowest BCUT2D eigenvalue weighted by atomic mass is 10.1. The number of nitrogens with one attached hydrogen (secondary N) is 1. The van der Waals surface area contributed by atoms with E-state index < -0.39 is 0 Å². The number of carbonyl (C=O) groups is 1. The molecule has 0 bridgehead atoms. The number of hydrogen-bond acceptors (Lipinski definition) is 6. The van der Waals surface area contributed by atoms with E-state index in [1.807, 2.05) is 18.2 Å². The van der Waals surface area contributed by atoms with Gasteiger partial charge in [0.2, 0.25) is 0 Å². The van der Waals surface area contributed by atoms with E-state index in [2.05, 4.69) is 20.4 Å². The molecule has 0 fully saturated rings. The quantitative estimate of drug-likeness (QED) is 0.727. The first-order valence-corrected chi connectivity index (χ1v) is 7.35. The summed E-state index contributed by atoms with van der Waals surface area (Å²) in [6, 6.07) is 7.39. The van der Waals surface area contributed by atoms with Gasteiger partial charge in [0, 0.05) is 19.4 Å². The van der Waals surface area contributed by atoms with Gasteiger partial charge in [-0.1, -0.05) is 6.07 Å². The maximum absolute atomic E-state index is 11.8. The number of aryl methyl sites for hydroxylation is 1. The van der Waals surface area contributed by atoms with E-state index in [0.717, 1.165) is 11.3 Å². The Morgan fingerprint density at radius 2 is 2.08 bits per heavy atom. The predicted molar refractivity (Wildman–Crippen MR) is 90.5 cm³/mol. The normalized spacial score (nSPS) is 10.5. The van der Waals surface area contributed by atoms with Gasteiger partial charge in [-0.05, 0) is 25.1 Å². The Kier molecular flexibility index (Phi) is 4.24. The Morgan fingerprint density at radius 1 is 1.25 bits per heavy atom. The molecule has 1 aromatic carbocycles. The van der Waals surface area contributed by atoms with Crippen LogP contribution in [0.1, 0.15) is 17.3 Å². The summed E-state index contributed by atoms with van der Waals surface area (Å²) < 4.78 is 7.19. The molecule has 0 saturated carbocycles. The molecule has 0 spiro atoms. The zero-order chi connectivity index (χ0) is 17.1. The van der Waals surface area contributed by atoms with Crippen LogP contribution in [0.15, 0.2) is 43.0 Å². The number of aromatic nitrogens is 4. The van der Waals surface area contributed by atoms with E-state index >= 15 is 0 Å². The third-order valence-electron chi connectivity index (χ3n) is 3.53. The maximum atomic E-state index is 11.8. The van der Waals surface area contributed by atoms with Gasteiger partial charge in [-0.3, -0.25) is 14.5 Å². The first-order valence-electron chi connectivity index (χ1n) is 7.35. The molecule has 7 heteroatoms. The number of anilines is 2. The summed E-state index contributed by atoms with van der Waals surface area (Å²) in [5.41, 5.74) is 2.67. The van der Waals surface area contributed by atoms with Crippen molar-refractivity contribution in [2.24, 2.45) is 7.05 Å². The summed E-state index contributed by atoms with van der Waals surface area (Å²) in [5.74, 6) is 1.11. The van der Waals surface area contributed by atoms with Crippen LogP contribution in [0.3, 0.4) is 0 Å². The van der Waals surface area contributed by atoms with E-state index in [4.69, 9.17) is 4.74 Å². The van der Waals surface area contributed by atoms with E-state index in [-0.39, 0.29) is 5.78 Å². The fourth-order valence-corrected chi connectivity index (χ4v) is 2.42. The molecule has 0 aliphatic rings. The van der Waals surface area contributed by atoms with Crippen LogP contribution in [0.4, 0.5) is 11.4 Å². The van der Waals surface area contributed by atoms with Crippen molar-refractivity contribution < 1.29 is 9.53 Å². The van der Waals surface area contributed by atoms with Crippen LogP contribution < -0.4 is 10.1 Å². The van der Waals surface area contributed by atoms with Crippen LogP contribution in [0.5, 0.6) is 5.75 Å². The van der Waals surface area contributed by atoms with Gasteiger partial charge in [0.1, 0.15) is 6.33 Å². The molecule has 2 heterocycles. The summed E-state index contributed by atoms with van der Waals surface area (Å²) >= 11 is 0. The number of ketones is 1. The fourth-order valence-electron chi connectivity index (χ4n) is 2.42. The van der Waals surface area contributed by atoms with E-state index in [0.29, 0.717) is 22.8 Å². The highest BCUT2D eigenvalue weighted by Crippen LogP contribution is 2.36. The van der Waals surface area contributed by atoms with Gasteiger partial charge in [-0.15, -0.1) is 0 Å². The van der Waals surface area contributed by atoms with E-state index in [1.54, 1.807) is 43.6 Å². The van der Waals surface area contributed by atoms with Crippen LogP contribution in [-0.2, 0) is 7.05 Å². The van der Waals surface area contributed by atoms with Crippen molar-refractivity contribution in [1.82, 2.24) is 19.7 Å². The summed E-state index contributed by atoms with van der Waals surface area (Å²) in [6.07, 6.45) is 4.80. The number of Topliss-reactive ketones (excluding diaryl/α,β-unsaturated/α-hetero) is 1. The molecule has 24 heavy (non-hydrogen) atoms. The van der Waals surface area contributed by atoms with Crippen LogP contribution in [0, 0.1) is 0 Å². The Hall–Kier alpha value is -3.22. The summed E-state index contributed by atoms with van der Waals surface area (Å²) in [6.45, 7) is 1.51. The second-order valence-electron chi connectivity index (χ2n) is 5.23. The molecule has 3 aromatic rings. The van der Waals surface area contributed by atoms with Gasteiger partial charge < -0.3 is 10.1 Å². The molecule has 122 valence electrons. The molecular formula is C17H17N5O2. The number of nitrogens with zero attached hydrogens (tertiary/aromatic N) is 4. The molecule has 7 nitrogen and oxygen atoms in total. The number of carbonyl (C=O) groups excluding carboxylic acids is 1. The van der Waals surface area contributed by atoms with E-state index in [1.165, 1.54) is 6.92 Å². The first kappa shape index (κ1) is 15.7. The Bertz CT molecular complexity index is 888. The minimum absolute atomic E-state index is 0.0629. The van der Waals surface area contributed by atoms with Crippen molar-refractivity contribution in [3.63, 3.8) is 0 Å². The minimum atomic E-state index is -0.0629. The molecule has 0 aliphatic carbocycles. The highest BCUT2D eigenvalue weighted by Gasteiger charge is 2.16. The molecule has 0 aliphatic heterocycles. The average Bonchev–Trinajstić information content (AvgIpc) is 3.01. The highest BCUT2D eigenvalue weighted by molar-refractivity contribution is 6.00. The molecule has 0 saturated heterocycles. The fraction of sp³-hybridized carbons (Fsp3) is 0.176. The molecular weight excluding hydrogens is 306 g/mol. The predicted octanol–water partition coefficient (Wildman–Crippen LogP) is 2.83. The zero-order valence-corrected chi connectivity index (χ0v) is 13.6. The number of rotatable bonds is 5. The van der Waals surface area contributed by atoms with Gasteiger partial charge in [0.25, 0.3) is 0 Å². The largest absolute Gasteiger partial charge is 0.494 e. The Balaban J connectivity index is 2.05. The van der Waals surface area contributed by atoms with Crippen LogP contribution in [0.25, 0.3) is 11.4 Å². The van der Waals surface area contributed by atoms with Gasteiger partial charge in [-0.2, -0.15) is 5.10 Å². The third kappa shape index (κ3) is 2.96. The SMILES string of the molecule is COc1c(Nc2ccncc2C(C)=O)cccc1-c1ncn(C)n1. The molecule has 0 amide bonds. The number of ether oxygens (including phenoxy) is 1. The van der Waals surface area contributed by atoms with Gasteiger partial charge in [0.05, 0.1) is 29.6 Å². The lowest BCUT2D eigenvalue weighted by Crippen LogP contribution is -2.03. The topological polar surface area (TPSA) is 81.9 Å². The monoisotopic (exact) mass is 323 g/mol. The summed E-state index contributed by atoms with van der Waals surface area (Å²) in [5, 5.41) is 7.56. The van der Waals surface area contributed by atoms with E-state index in [9.17, 15) is 4.79 Å². The van der Waals surface area contributed by atoms with Crippen LogP contribution in [0.2, 0.25) is 0 Å². The lowest BCUT2D eigenvalue weighted by molar-refractivity contribution is 0.101. The molecule has 0 atom stereocenters. The highest BCUT2D eigenvalue weighted by atomic mass is 16.5. The van der Waals surface area contributed by atoms with Crippen molar-refractivity contribution in [2.45, 2.75) is 6.92 Å². The lowest BCUT2D eigenvalue weighted by Gasteiger charge is -2.15. The zero-order valence-electron chi connectivity index (χ0n) is 13.6. The van der Waals surface area contributed by atoms with Crippen molar-refractivity contribution >= 4 is 17.2 Å². The molecule has 3 rings (SSSR count). The van der Waals surface area contributed by atoms with Crippen LogP contribution >= 0.6 is 0 Å². The number of hydrogen-bond donors (Lipinski definition) is 1. The summed E-state index contributed by atoms with van der Waals surface area (Å²) in [7, 11) is 3.40. The second kappa shape index (κ2) is 6.49. The number of methoxy groups -OCH3 is 1. The molecule has 2 aromatic heterocycles. The Morgan fingerprint density at radius 3 is 2.75 bits per heavy atom. The van der Waals surface area contributed by atoms with Gasteiger partial charge in [0.15, 0.2) is 17.4 Å². The van der Waals surface area contributed by atoms with Crippen molar-refractivity contribution in [3.8, 4) is 17.1 Å². The Labute approximate surface area is 139 Å². The minimum Gasteiger partial charge on any atom is -0.494 e.